The molecule has 5 aromatic rings. The molecule has 6 rings (SSSR count). The SMILES string of the molecule is CC(NC(=O)COc1cccc(CCC[N+]2(CCCc3cccc(OCC(=O)NC(C)c4ncc[nH]4)c3)CCCC(NC(=O)c3nc(Cl)c(N)nc3N)C2)c1)c1ncc[nH]1.[OH-]. The number of hydrogen-bond acceptors (Lipinski definition) is 12. The number of benzene rings is 2. The molecule has 1 aliphatic rings. The number of quaternary nitrogens is 1. The van der Waals surface area contributed by atoms with Gasteiger partial charge in [0.25, 0.3) is 17.7 Å². The number of imidazole rings is 2. The van der Waals surface area contributed by atoms with Crippen LogP contribution in [0.3, 0.4) is 0 Å². The molecule has 61 heavy (non-hydrogen) atoms. The van der Waals surface area contributed by atoms with Crippen molar-refractivity contribution >= 4 is 41.0 Å². The van der Waals surface area contributed by atoms with E-state index in [-0.39, 0.29) is 71.1 Å². The third kappa shape index (κ3) is 13.4. The number of amides is 3. The summed E-state index contributed by atoms with van der Waals surface area (Å²) in [6.07, 6.45) is 11.8. The second kappa shape index (κ2) is 21.8. The van der Waals surface area contributed by atoms with E-state index in [0.717, 1.165) is 80.3 Å². The summed E-state index contributed by atoms with van der Waals surface area (Å²) in [7, 11) is 0. The Bertz CT molecular complexity index is 2080. The number of aromatic nitrogens is 6. The van der Waals surface area contributed by atoms with Gasteiger partial charge in [0, 0.05) is 37.6 Å². The van der Waals surface area contributed by atoms with E-state index in [1.54, 1.807) is 24.8 Å². The van der Waals surface area contributed by atoms with Crippen LogP contribution in [0.5, 0.6) is 11.5 Å². The molecule has 3 unspecified atom stereocenters. The van der Waals surface area contributed by atoms with Gasteiger partial charge in [0.15, 0.2) is 35.7 Å². The first-order valence-corrected chi connectivity index (χ1v) is 20.6. The topological polar surface area (TPSA) is 271 Å². The summed E-state index contributed by atoms with van der Waals surface area (Å²) in [6.45, 7) is 6.94. The number of rotatable bonds is 20. The first kappa shape index (κ1) is 45.8. The number of nitrogens with two attached hydrogens (primary N) is 2. The molecule has 0 bridgehead atoms. The summed E-state index contributed by atoms with van der Waals surface area (Å²) in [5.41, 5.74) is 13.9. The van der Waals surface area contributed by atoms with E-state index in [4.69, 9.17) is 32.5 Å². The first-order valence-electron chi connectivity index (χ1n) is 20.2. The number of likely N-dealkylation sites (tertiary alicyclic amines) is 1. The smallest absolute Gasteiger partial charge is 0.274 e. The van der Waals surface area contributed by atoms with Gasteiger partial charge in [0.1, 0.15) is 23.1 Å². The highest BCUT2D eigenvalue weighted by Crippen LogP contribution is 2.25. The van der Waals surface area contributed by atoms with Crippen molar-refractivity contribution in [1.29, 1.82) is 0 Å². The zero-order chi connectivity index (χ0) is 42.5. The van der Waals surface area contributed by atoms with Gasteiger partial charge in [-0.05, 0) is 74.9 Å². The van der Waals surface area contributed by atoms with Crippen LogP contribution in [0.4, 0.5) is 11.6 Å². The van der Waals surface area contributed by atoms with E-state index in [9.17, 15) is 14.4 Å². The van der Waals surface area contributed by atoms with Crippen LogP contribution in [0.2, 0.25) is 5.15 Å². The lowest BCUT2D eigenvalue weighted by atomic mass is 9.99. The molecule has 1 saturated heterocycles. The fourth-order valence-corrected chi connectivity index (χ4v) is 7.80. The Morgan fingerprint density at radius 2 is 1.38 bits per heavy atom. The van der Waals surface area contributed by atoms with Crippen LogP contribution in [0.25, 0.3) is 0 Å². The Morgan fingerprint density at radius 3 is 1.89 bits per heavy atom. The largest absolute Gasteiger partial charge is 0.870 e. The van der Waals surface area contributed by atoms with Crippen LogP contribution < -0.4 is 36.9 Å². The van der Waals surface area contributed by atoms with Gasteiger partial charge in [-0.3, -0.25) is 14.4 Å². The molecule has 18 nitrogen and oxygen atoms in total. The number of nitrogens with zero attached hydrogens (tertiary/aromatic N) is 5. The molecular weight excluding hydrogens is 804 g/mol. The molecule has 4 heterocycles. The molecule has 0 spiro atoms. The number of nitrogens with one attached hydrogen (secondary N) is 5. The van der Waals surface area contributed by atoms with Crippen LogP contribution in [-0.2, 0) is 22.4 Å². The summed E-state index contributed by atoms with van der Waals surface area (Å²) in [5.74, 6) is 1.57. The molecule has 2 aromatic carbocycles. The zero-order valence-corrected chi connectivity index (χ0v) is 35.2. The Hall–Kier alpha value is -6.24. The van der Waals surface area contributed by atoms with Crippen molar-refractivity contribution in [3.8, 4) is 11.5 Å². The van der Waals surface area contributed by atoms with Gasteiger partial charge in [0.2, 0.25) is 0 Å². The number of ether oxygens (including phenoxy) is 2. The van der Waals surface area contributed by atoms with Crippen molar-refractivity contribution in [2.24, 2.45) is 0 Å². The van der Waals surface area contributed by atoms with Gasteiger partial charge < -0.3 is 56.8 Å². The molecule has 0 aliphatic carbocycles. The lowest BCUT2D eigenvalue weighted by molar-refractivity contribution is -0.933. The van der Waals surface area contributed by atoms with E-state index < -0.39 is 5.91 Å². The number of piperidine rings is 1. The Morgan fingerprint density at radius 1 is 0.836 bits per heavy atom. The van der Waals surface area contributed by atoms with Crippen LogP contribution in [-0.4, -0.2) is 103 Å². The number of H-pyrrole nitrogens is 2. The highest BCUT2D eigenvalue weighted by atomic mass is 35.5. The quantitative estimate of drug-likeness (QED) is 0.0547. The fourth-order valence-electron chi connectivity index (χ4n) is 7.67. The van der Waals surface area contributed by atoms with Crippen molar-refractivity contribution in [1.82, 2.24) is 45.9 Å². The summed E-state index contributed by atoms with van der Waals surface area (Å²) >= 11 is 6.09. The number of carbonyl (C=O) groups is 3. The normalized spacial score (nSPS) is 17.0. The lowest BCUT2D eigenvalue weighted by Crippen LogP contribution is -2.60. The Kier molecular flexibility index (Phi) is 16.4. The summed E-state index contributed by atoms with van der Waals surface area (Å²) in [6, 6.07) is 15.0. The molecule has 3 amide bonds. The van der Waals surface area contributed by atoms with Gasteiger partial charge in [-0.1, -0.05) is 35.9 Å². The highest BCUT2D eigenvalue weighted by molar-refractivity contribution is 6.31. The van der Waals surface area contributed by atoms with Crippen molar-refractivity contribution in [3.05, 3.63) is 107 Å². The number of carbonyl (C=O) groups excluding carboxylic acids is 3. The Balaban J connectivity index is 0.00000704. The van der Waals surface area contributed by atoms with Crippen molar-refractivity contribution in [2.75, 3.05) is 50.9 Å². The second-order valence-corrected chi connectivity index (χ2v) is 15.6. The molecule has 19 heteroatoms. The fraction of sp³-hybridized carbons (Fsp3) is 0.405. The van der Waals surface area contributed by atoms with Gasteiger partial charge >= 0.3 is 0 Å². The molecule has 10 N–H and O–H groups in total. The number of nitrogen functional groups attached to an aromatic ring is 2. The van der Waals surface area contributed by atoms with Crippen molar-refractivity contribution in [3.63, 3.8) is 0 Å². The van der Waals surface area contributed by atoms with Crippen LogP contribution in [0.1, 0.15) is 84.9 Å². The molecule has 0 saturated carbocycles. The maximum Gasteiger partial charge on any atom is 0.274 e. The average molecular weight is 859 g/mol. The minimum Gasteiger partial charge on any atom is -0.870 e. The third-order valence-corrected chi connectivity index (χ3v) is 10.9. The molecular formula is C42H55ClN12O6. The maximum absolute atomic E-state index is 13.4. The minimum absolute atomic E-state index is 0. The van der Waals surface area contributed by atoms with Gasteiger partial charge in [0.05, 0.1) is 44.3 Å². The molecule has 326 valence electrons. The molecule has 3 aromatic heterocycles. The predicted octanol–water partition coefficient (Wildman–Crippen LogP) is 4.05. The Labute approximate surface area is 359 Å². The van der Waals surface area contributed by atoms with Gasteiger partial charge in [-0.25, -0.2) is 19.9 Å². The number of aromatic amines is 2. The predicted molar refractivity (Wildman–Crippen MR) is 229 cm³/mol. The van der Waals surface area contributed by atoms with E-state index in [0.29, 0.717) is 23.1 Å². The standard InChI is InChI=1S/C42H53ClN12O5.H2O/c1-27(40-46-15-16-47-40)50-34(56)25-59-32-13-3-8-29(22-32)10-5-19-55(21-7-12-31(24-55)52-42(58)36-38(44)54-39(45)37(43)53-36)20-6-11-30-9-4-14-33(23-30)60-26-35(57)51-28(2)41-48-17-18-49-41;/h3-4,8-9,13-18,22-23,27-28,31H,5-7,10-12,19-21,24-26H2,1-2H3,(H8-,44,45,46,47,48,49,50,51,52,54,56,57,58);1H2. The van der Waals surface area contributed by atoms with Crippen molar-refractivity contribution in [2.45, 2.75) is 70.5 Å². The monoisotopic (exact) mass is 858 g/mol. The number of aryl methyl sites for hydroxylation is 2. The molecule has 3 atom stereocenters. The minimum atomic E-state index is -0.436. The number of hydrogen-bond donors (Lipinski definition) is 7. The maximum atomic E-state index is 13.4. The van der Waals surface area contributed by atoms with E-state index >= 15 is 0 Å². The molecule has 0 radical (unpaired) electrons. The van der Waals surface area contributed by atoms with E-state index in [1.807, 2.05) is 50.2 Å². The average Bonchev–Trinajstić information content (AvgIpc) is 3.98. The third-order valence-electron chi connectivity index (χ3n) is 10.6. The number of halogens is 1. The van der Waals surface area contributed by atoms with E-state index in [2.05, 4.69) is 58.0 Å². The first-order chi connectivity index (χ1) is 28.9. The molecule has 1 aliphatic heterocycles. The summed E-state index contributed by atoms with van der Waals surface area (Å²) in [5, 5.41) is 8.86. The summed E-state index contributed by atoms with van der Waals surface area (Å²) in [4.78, 5) is 61.0. The second-order valence-electron chi connectivity index (χ2n) is 15.2. The van der Waals surface area contributed by atoms with Gasteiger partial charge in [-0.15, -0.1) is 0 Å². The highest BCUT2D eigenvalue weighted by Gasteiger charge is 2.36. The molecule has 1 fully saturated rings. The van der Waals surface area contributed by atoms with E-state index in [1.165, 1.54) is 0 Å². The van der Waals surface area contributed by atoms with Crippen molar-refractivity contribution < 1.29 is 33.8 Å². The van der Waals surface area contributed by atoms with Crippen LogP contribution in [0, 0.1) is 0 Å². The van der Waals surface area contributed by atoms with Crippen LogP contribution in [0.15, 0.2) is 73.3 Å². The van der Waals surface area contributed by atoms with Crippen LogP contribution >= 0.6 is 11.6 Å². The lowest BCUT2D eigenvalue weighted by Gasteiger charge is -2.45. The zero-order valence-electron chi connectivity index (χ0n) is 34.4. The number of anilines is 2. The summed E-state index contributed by atoms with van der Waals surface area (Å²) < 4.78 is 12.5. The van der Waals surface area contributed by atoms with Gasteiger partial charge in [-0.2, -0.15) is 0 Å².